The van der Waals surface area contributed by atoms with Crippen molar-refractivity contribution < 1.29 is 14.6 Å². The first kappa shape index (κ1) is 18.3. The summed E-state index contributed by atoms with van der Waals surface area (Å²) in [6.45, 7) is 7.71. The van der Waals surface area contributed by atoms with Gasteiger partial charge in [-0.1, -0.05) is 6.42 Å². The van der Waals surface area contributed by atoms with Crippen LogP contribution < -0.4 is 4.74 Å². The third-order valence-corrected chi connectivity index (χ3v) is 6.65. The van der Waals surface area contributed by atoms with Gasteiger partial charge in [0.05, 0.1) is 11.1 Å². The molecule has 3 heterocycles. The highest BCUT2D eigenvalue weighted by Gasteiger charge is 2.34. The number of Topliss-reactive ketones (excluding diaryl/α,β-unsaturated/α-hetero) is 1. The number of fused-ring (bicyclic) bond motifs is 1. The number of phenols is 1. The lowest BCUT2D eigenvalue weighted by atomic mass is 9.97. The number of benzene rings is 1. The zero-order valence-electron chi connectivity index (χ0n) is 16.0. The minimum absolute atomic E-state index is 0.0942. The minimum Gasteiger partial charge on any atom is -0.507 e. The van der Waals surface area contributed by atoms with E-state index in [0.717, 1.165) is 34.5 Å². The van der Waals surface area contributed by atoms with Crippen LogP contribution in [0.4, 0.5) is 0 Å². The number of thiophene rings is 1. The van der Waals surface area contributed by atoms with Crippen molar-refractivity contribution in [2.45, 2.75) is 52.6 Å². The van der Waals surface area contributed by atoms with Crippen LogP contribution in [0.1, 0.15) is 58.1 Å². The lowest BCUT2D eigenvalue weighted by Gasteiger charge is -2.33. The summed E-state index contributed by atoms with van der Waals surface area (Å²) in [6.07, 6.45) is 5.41. The molecule has 0 amide bonds. The van der Waals surface area contributed by atoms with Crippen LogP contribution in [-0.2, 0) is 6.54 Å². The average molecular weight is 384 g/mol. The van der Waals surface area contributed by atoms with Crippen molar-refractivity contribution in [3.8, 4) is 11.5 Å². The summed E-state index contributed by atoms with van der Waals surface area (Å²) in [5.41, 5.74) is 3.20. The molecule has 0 aliphatic carbocycles. The Bertz CT molecular complexity index is 928. The maximum Gasteiger partial charge on any atom is 0.232 e. The first-order chi connectivity index (χ1) is 13.0. The topological polar surface area (TPSA) is 49.8 Å². The summed E-state index contributed by atoms with van der Waals surface area (Å²) < 4.78 is 6.05. The first-order valence-corrected chi connectivity index (χ1v) is 10.4. The summed E-state index contributed by atoms with van der Waals surface area (Å²) in [5.74, 6) is 1.00. The van der Waals surface area contributed by atoms with E-state index in [4.69, 9.17) is 4.74 Å². The van der Waals surface area contributed by atoms with Crippen LogP contribution in [0, 0.1) is 13.8 Å². The largest absolute Gasteiger partial charge is 0.507 e. The van der Waals surface area contributed by atoms with Crippen LogP contribution in [0.25, 0.3) is 6.08 Å². The van der Waals surface area contributed by atoms with E-state index in [1.807, 2.05) is 31.4 Å². The zero-order chi connectivity index (χ0) is 19.1. The van der Waals surface area contributed by atoms with Gasteiger partial charge in [-0.05, 0) is 68.8 Å². The Morgan fingerprint density at radius 1 is 1.33 bits per heavy atom. The van der Waals surface area contributed by atoms with Crippen LogP contribution in [0.5, 0.6) is 11.5 Å². The third-order valence-electron chi connectivity index (χ3n) is 5.69. The highest BCUT2D eigenvalue weighted by Crippen LogP contribution is 2.43. The molecule has 0 radical (unpaired) electrons. The molecule has 0 bridgehead atoms. The molecular formula is C22H25NO3S. The Hall–Kier alpha value is -2.11. The fourth-order valence-electron chi connectivity index (χ4n) is 3.98. The normalized spacial score (nSPS) is 21.5. The summed E-state index contributed by atoms with van der Waals surface area (Å²) in [4.78, 5) is 16.4. The molecular weight excluding hydrogens is 358 g/mol. The second kappa shape index (κ2) is 7.13. The maximum absolute atomic E-state index is 13.0. The Balaban J connectivity index is 1.72. The van der Waals surface area contributed by atoms with E-state index in [1.165, 1.54) is 12.8 Å². The minimum atomic E-state index is -0.0942. The number of carbonyl (C=O) groups excluding carboxylic acids is 1. The van der Waals surface area contributed by atoms with Crippen molar-refractivity contribution in [2.24, 2.45) is 0 Å². The smallest absolute Gasteiger partial charge is 0.232 e. The molecule has 2 aliphatic heterocycles. The highest BCUT2D eigenvalue weighted by molar-refractivity contribution is 7.11. The number of aryl methyl sites for hydroxylation is 2. The monoisotopic (exact) mass is 383 g/mol. The van der Waals surface area contributed by atoms with E-state index < -0.39 is 0 Å². The molecule has 1 fully saturated rings. The van der Waals surface area contributed by atoms with E-state index in [1.54, 1.807) is 17.4 Å². The van der Waals surface area contributed by atoms with Gasteiger partial charge >= 0.3 is 0 Å². The summed E-state index contributed by atoms with van der Waals surface area (Å²) >= 11 is 1.59. The number of hydrogen-bond acceptors (Lipinski definition) is 5. The molecule has 27 heavy (non-hydrogen) atoms. The van der Waals surface area contributed by atoms with Crippen molar-refractivity contribution in [3.05, 3.63) is 50.4 Å². The van der Waals surface area contributed by atoms with Crippen molar-refractivity contribution in [2.75, 3.05) is 6.54 Å². The van der Waals surface area contributed by atoms with Crippen LogP contribution in [0.2, 0.25) is 0 Å². The molecule has 142 valence electrons. The summed E-state index contributed by atoms with van der Waals surface area (Å²) in [7, 11) is 0. The molecule has 1 saturated heterocycles. The molecule has 2 aromatic rings. The van der Waals surface area contributed by atoms with Gasteiger partial charge in [-0.15, -0.1) is 11.3 Å². The Morgan fingerprint density at radius 3 is 2.85 bits per heavy atom. The number of allylic oxidation sites excluding steroid dienone is 1. The number of hydrogen-bond donors (Lipinski definition) is 1. The van der Waals surface area contributed by atoms with E-state index in [2.05, 4.69) is 11.8 Å². The molecule has 1 aromatic heterocycles. The van der Waals surface area contributed by atoms with E-state index in [0.29, 0.717) is 29.7 Å². The second-order valence-corrected chi connectivity index (χ2v) is 8.57. The number of aromatic hydroxyl groups is 1. The standard InChI is InChI=1S/C22H25NO3S/c1-13-7-9-27-19(13)11-18-21(25)20-14(2)10-17(24)16(22(20)26-18)12-23-8-5-4-6-15(23)3/h7,9-11,15,24H,4-6,8,12H2,1-3H3/b18-11-. The number of ketones is 1. The molecule has 1 aromatic carbocycles. The van der Waals surface area contributed by atoms with Gasteiger partial charge in [-0.2, -0.15) is 0 Å². The summed E-state index contributed by atoms with van der Waals surface area (Å²) in [5, 5.41) is 12.6. The van der Waals surface area contributed by atoms with Crippen LogP contribution in [-0.4, -0.2) is 28.4 Å². The zero-order valence-corrected chi connectivity index (χ0v) is 16.9. The lowest BCUT2D eigenvalue weighted by molar-refractivity contribution is 0.101. The molecule has 4 rings (SSSR count). The molecule has 4 nitrogen and oxygen atoms in total. The molecule has 0 saturated carbocycles. The molecule has 0 spiro atoms. The van der Waals surface area contributed by atoms with Gasteiger partial charge in [0.2, 0.25) is 5.78 Å². The predicted molar refractivity (Wildman–Crippen MR) is 109 cm³/mol. The molecule has 1 N–H and O–H groups in total. The lowest BCUT2D eigenvalue weighted by Crippen LogP contribution is -2.36. The van der Waals surface area contributed by atoms with E-state index >= 15 is 0 Å². The van der Waals surface area contributed by atoms with Gasteiger partial charge < -0.3 is 9.84 Å². The quantitative estimate of drug-likeness (QED) is 0.753. The third kappa shape index (κ3) is 3.30. The number of phenolic OH excluding ortho intramolecular Hbond substituents is 1. The predicted octanol–water partition coefficient (Wildman–Crippen LogP) is 5.06. The van der Waals surface area contributed by atoms with Gasteiger partial charge in [-0.3, -0.25) is 9.69 Å². The second-order valence-electron chi connectivity index (χ2n) is 7.62. The molecule has 1 unspecified atom stereocenters. The van der Waals surface area contributed by atoms with E-state index in [9.17, 15) is 9.90 Å². The van der Waals surface area contributed by atoms with Gasteiger partial charge in [0.15, 0.2) is 5.76 Å². The number of likely N-dealkylation sites (tertiary alicyclic amines) is 1. The average Bonchev–Trinajstić information content (AvgIpc) is 3.17. The van der Waals surface area contributed by atoms with Crippen LogP contribution in [0.3, 0.4) is 0 Å². The number of nitrogens with zero attached hydrogens (tertiary/aromatic N) is 1. The van der Waals surface area contributed by atoms with Crippen LogP contribution >= 0.6 is 11.3 Å². The van der Waals surface area contributed by atoms with Gasteiger partial charge in [-0.25, -0.2) is 0 Å². The van der Waals surface area contributed by atoms with Gasteiger partial charge in [0.25, 0.3) is 0 Å². The SMILES string of the molecule is Cc1ccsc1/C=C1\Oc2c(CN3CCCCC3C)c(O)cc(C)c2C1=O. The van der Waals surface area contributed by atoms with Gasteiger partial charge in [0.1, 0.15) is 11.5 Å². The number of carbonyl (C=O) groups is 1. The fraction of sp³-hybridized carbons (Fsp3) is 0.409. The number of piperidine rings is 1. The molecule has 5 heteroatoms. The van der Waals surface area contributed by atoms with Crippen molar-refractivity contribution in [1.82, 2.24) is 4.90 Å². The fourth-order valence-corrected chi connectivity index (χ4v) is 4.83. The first-order valence-electron chi connectivity index (χ1n) is 9.53. The molecule has 2 aliphatic rings. The summed E-state index contributed by atoms with van der Waals surface area (Å²) in [6, 6.07) is 4.20. The Kier molecular flexibility index (Phi) is 4.82. The van der Waals surface area contributed by atoms with Gasteiger partial charge in [0, 0.05) is 23.5 Å². The van der Waals surface area contributed by atoms with Crippen molar-refractivity contribution >= 4 is 23.2 Å². The van der Waals surface area contributed by atoms with Crippen molar-refractivity contribution in [3.63, 3.8) is 0 Å². The van der Waals surface area contributed by atoms with Crippen molar-refractivity contribution in [1.29, 1.82) is 0 Å². The maximum atomic E-state index is 13.0. The Labute approximate surface area is 164 Å². The molecule has 1 atom stereocenters. The highest BCUT2D eigenvalue weighted by atomic mass is 32.1. The number of rotatable bonds is 3. The Morgan fingerprint density at radius 2 is 2.15 bits per heavy atom. The van der Waals surface area contributed by atoms with E-state index in [-0.39, 0.29) is 11.5 Å². The number of ether oxygens (including phenoxy) is 1. The van der Waals surface area contributed by atoms with Crippen LogP contribution in [0.15, 0.2) is 23.3 Å².